The minimum Gasteiger partial charge on any atom is -0.383 e. The number of aliphatic hydroxyl groups is 1. The number of aromatic nitrogens is 1. The molecule has 2 aromatic rings. The molecule has 0 spiro atoms. The first-order chi connectivity index (χ1) is 10.9. The molecule has 0 aliphatic carbocycles. The van der Waals surface area contributed by atoms with Gasteiger partial charge in [0.2, 0.25) is 0 Å². The van der Waals surface area contributed by atoms with Crippen LogP contribution in [0.15, 0.2) is 29.6 Å². The van der Waals surface area contributed by atoms with Crippen LogP contribution in [0, 0.1) is 6.92 Å². The second-order valence-electron chi connectivity index (χ2n) is 6.56. The second-order valence-corrected chi connectivity index (χ2v) is 7.41. The highest BCUT2D eigenvalue weighted by molar-refractivity contribution is 7.11. The number of carbonyl (C=O) groups excluding carboxylic acids is 1. The van der Waals surface area contributed by atoms with E-state index in [-0.39, 0.29) is 5.91 Å². The summed E-state index contributed by atoms with van der Waals surface area (Å²) in [5.74, 6) is 0.238. The molecular weight excluding hydrogens is 308 g/mol. The topological polar surface area (TPSA) is 53.4 Å². The molecule has 1 saturated heterocycles. The van der Waals surface area contributed by atoms with E-state index in [4.69, 9.17) is 0 Å². The van der Waals surface area contributed by atoms with Crippen molar-refractivity contribution in [3.63, 3.8) is 0 Å². The van der Waals surface area contributed by atoms with Gasteiger partial charge in [0, 0.05) is 11.9 Å². The summed E-state index contributed by atoms with van der Waals surface area (Å²) >= 11 is 1.39. The summed E-state index contributed by atoms with van der Waals surface area (Å²) in [7, 11) is 0. The van der Waals surface area contributed by atoms with E-state index in [2.05, 4.69) is 18.8 Å². The molecule has 5 heteroatoms. The largest absolute Gasteiger partial charge is 0.383 e. The molecule has 0 bridgehead atoms. The third-order valence-electron chi connectivity index (χ3n) is 4.48. The quantitative estimate of drug-likeness (QED) is 0.939. The summed E-state index contributed by atoms with van der Waals surface area (Å²) in [5.41, 5.74) is 1.96. The number of aryl methyl sites for hydroxylation is 1. The first kappa shape index (κ1) is 16.1. The van der Waals surface area contributed by atoms with Crippen LogP contribution in [0.4, 0.5) is 0 Å². The lowest BCUT2D eigenvalue weighted by Gasteiger charge is -2.25. The Labute approximate surface area is 140 Å². The molecule has 122 valence electrons. The third-order valence-corrected chi connectivity index (χ3v) is 5.33. The molecule has 0 unspecified atom stereocenters. The Bertz CT molecular complexity index is 725. The van der Waals surface area contributed by atoms with Gasteiger partial charge in [0.25, 0.3) is 5.91 Å². The second kappa shape index (κ2) is 6.06. The van der Waals surface area contributed by atoms with Crippen molar-refractivity contribution in [3.8, 4) is 0 Å². The van der Waals surface area contributed by atoms with Crippen LogP contribution in [0.5, 0.6) is 0 Å². The van der Waals surface area contributed by atoms with Crippen molar-refractivity contribution in [2.45, 2.75) is 38.7 Å². The smallest absolute Gasteiger partial charge is 0.282 e. The van der Waals surface area contributed by atoms with Gasteiger partial charge >= 0.3 is 0 Å². The van der Waals surface area contributed by atoms with E-state index in [0.29, 0.717) is 30.4 Å². The molecule has 0 radical (unpaired) electrons. The molecule has 2 heterocycles. The summed E-state index contributed by atoms with van der Waals surface area (Å²) in [6.07, 6.45) is 0.562. The van der Waals surface area contributed by atoms with Crippen molar-refractivity contribution in [2.24, 2.45) is 0 Å². The fraction of sp³-hybridized carbons (Fsp3) is 0.444. The molecule has 23 heavy (non-hydrogen) atoms. The predicted octanol–water partition coefficient (Wildman–Crippen LogP) is 3.31. The molecule has 1 aromatic carbocycles. The lowest BCUT2D eigenvalue weighted by Crippen LogP contribution is -2.34. The summed E-state index contributed by atoms with van der Waals surface area (Å²) in [5, 5.41) is 13.5. The Hall–Kier alpha value is -1.72. The van der Waals surface area contributed by atoms with Gasteiger partial charge in [0.05, 0.1) is 12.2 Å². The Morgan fingerprint density at radius 2 is 2.13 bits per heavy atom. The molecule has 1 aliphatic heterocycles. The molecule has 4 nitrogen and oxygen atoms in total. The van der Waals surface area contributed by atoms with Gasteiger partial charge in [-0.05, 0) is 30.4 Å². The molecule has 1 amide bonds. The Morgan fingerprint density at radius 3 is 2.78 bits per heavy atom. The number of nitrogens with zero attached hydrogens (tertiary/aromatic N) is 2. The molecule has 1 aliphatic rings. The van der Waals surface area contributed by atoms with Crippen LogP contribution in [0.3, 0.4) is 0 Å². The number of hydrogen-bond acceptors (Lipinski definition) is 4. The van der Waals surface area contributed by atoms with Gasteiger partial charge in [0.15, 0.2) is 5.01 Å². The van der Waals surface area contributed by atoms with Crippen LogP contribution in [-0.4, -0.2) is 34.0 Å². The number of β-amino-alcohol motifs (C(OH)–C–C–N with tert-alkyl or cyclic N) is 1. The monoisotopic (exact) mass is 330 g/mol. The summed E-state index contributed by atoms with van der Waals surface area (Å²) in [6, 6.07) is 7.83. The zero-order valence-corrected chi connectivity index (χ0v) is 14.6. The number of likely N-dealkylation sites (tertiary alicyclic amines) is 1. The van der Waals surface area contributed by atoms with E-state index in [9.17, 15) is 9.90 Å². The number of benzene rings is 1. The lowest BCUT2D eigenvalue weighted by atomic mass is 9.89. The van der Waals surface area contributed by atoms with Crippen LogP contribution >= 0.6 is 11.3 Å². The van der Waals surface area contributed by atoms with Crippen molar-refractivity contribution in [2.75, 3.05) is 13.1 Å². The fourth-order valence-corrected chi connectivity index (χ4v) is 4.01. The molecule has 1 fully saturated rings. The van der Waals surface area contributed by atoms with E-state index in [0.717, 1.165) is 16.8 Å². The van der Waals surface area contributed by atoms with Crippen molar-refractivity contribution in [1.29, 1.82) is 0 Å². The first-order valence-corrected chi connectivity index (χ1v) is 8.82. The van der Waals surface area contributed by atoms with E-state index in [1.165, 1.54) is 11.3 Å². The maximum Gasteiger partial charge on any atom is 0.282 e. The summed E-state index contributed by atoms with van der Waals surface area (Å²) in [6.45, 7) is 7.01. The number of thiazole rings is 1. The fourth-order valence-electron chi connectivity index (χ4n) is 3.07. The van der Waals surface area contributed by atoms with E-state index in [1.807, 2.05) is 36.6 Å². The van der Waals surface area contributed by atoms with Crippen molar-refractivity contribution < 1.29 is 9.90 Å². The highest BCUT2D eigenvalue weighted by Gasteiger charge is 2.41. The van der Waals surface area contributed by atoms with Gasteiger partial charge in [-0.3, -0.25) is 4.79 Å². The Kier molecular flexibility index (Phi) is 4.25. The van der Waals surface area contributed by atoms with Gasteiger partial charge in [0.1, 0.15) is 5.60 Å². The molecule has 1 N–H and O–H groups in total. The normalized spacial score (nSPS) is 21.2. The number of amides is 1. The van der Waals surface area contributed by atoms with Crippen LogP contribution in [0.25, 0.3) is 0 Å². The first-order valence-electron chi connectivity index (χ1n) is 7.94. The van der Waals surface area contributed by atoms with Crippen molar-refractivity contribution >= 4 is 17.2 Å². The predicted molar refractivity (Wildman–Crippen MR) is 91.8 cm³/mol. The summed E-state index contributed by atoms with van der Waals surface area (Å²) in [4.78, 5) is 18.8. The van der Waals surface area contributed by atoms with Crippen molar-refractivity contribution in [1.82, 2.24) is 9.88 Å². The minimum absolute atomic E-state index is 0.0774. The van der Waals surface area contributed by atoms with E-state index < -0.39 is 5.60 Å². The zero-order chi connectivity index (χ0) is 16.6. The molecule has 1 aromatic heterocycles. The van der Waals surface area contributed by atoms with Gasteiger partial charge < -0.3 is 10.0 Å². The third kappa shape index (κ3) is 3.03. The average molecular weight is 330 g/mol. The maximum absolute atomic E-state index is 12.6. The van der Waals surface area contributed by atoms with Gasteiger partial charge in [-0.1, -0.05) is 38.1 Å². The zero-order valence-electron chi connectivity index (χ0n) is 13.7. The van der Waals surface area contributed by atoms with Crippen molar-refractivity contribution in [3.05, 3.63) is 51.5 Å². The van der Waals surface area contributed by atoms with Crippen LogP contribution in [0.1, 0.15) is 52.8 Å². The van der Waals surface area contributed by atoms with Crippen LogP contribution < -0.4 is 0 Å². The highest BCUT2D eigenvalue weighted by Crippen LogP contribution is 2.34. The van der Waals surface area contributed by atoms with Gasteiger partial charge in [-0.15, -0.1) is 11.3 Å². The van der Waals surface area contributed by atoms with Gasteiger partial charge in [-0.25, -0.2) is 4.98 Å². The average Bonchev–Trinajstić information content (AvgIpc) is 3.15. The Morgan fingerprint density at radius 1 is 1.39 bits per heavy atom. The number of carbonyl (C=O) groups is 1. The van der Waals surface area contributed by atoms with Crippen LogP contribution in [0.2, 0.25) is 0 Å². The SMILES string of the molecule is Cc1ccccc1[C@]1(O)CCN(C(=O)c2nc(C(C)C)cs2)C1. The lowest BCUT2D eigenvalue weighted by molar-refractivity contribution is 0.0412. The highest BCUT2D eigenvalue weighted by atomic mass is 32.1. The molecule has 1 atom stereocenters. The molecule has 0 saturated carbocycles. The van der Waals surface area contributed by atoms with E-state index in [1.54, 1.807) is 4.90 Å². The van der Waals surface area contributed by atoms with E-state index >= 15 is 0 Å². The Balaban J connectivity index is 1.79. The summed E-state index contributed by atoms with van der Waals surface area (Å²) < 4.78 is 0. The van der Waals surface area contributed by atoms with Crippen LogP contribution in [-0.2, 0) is 5.60 Å². The maximum atomic E-state index is 12.6. The molecule has 3 rings (SSSR count). The number of hydrogen-bond donors (Lipinski definition) is 1. The minimum atomic E-state index is -0.959. The molecular formula is C18H22N2O2S. The van der Waals surface area contributed by atoms with Gasteiger partial charge in [-0.2, -0.15) is 0 Å². The number of rotatable bonds is 3. The standard InChI is InChI=1S/C18H22N2O2S/c1-12(2)15-10-23-16(19-15)17(21)20-9-8-18(22,11-20)14-7-5-4-6-13(14)3/h4-7,10,12,22H,8-9,11H2,1-3H3/t18-/m0/s1.